The third-order valence-electron chi connectivity index (χ3n) is 2.58. The number of anilines is 1. The summed E-state index contributed by atoms with van der Waals surface area (Å²) in [5.74, 6) is 0.474. The number of pyridine rings is 1. The minimum atomic E-state index is -0.644. The normalized spacial score (nSPS) is 12.4. The van der Waals surface area contributed by atoms with E-state index in [1.54, 1.807) is 12.3 Å². The van der Waals surface area contributed by atoms with Crippen molar-refractivity contribution in [1.82, 2.24) is 4.98 Å². The largest absolute Gasteiger partial charge is 0.384 e. The van der Waals surface area contributed by atoms with Crippen LogP contribution in [-0.4, -0.2) is 10.1 Å². The van der Waals surface area contributed by atoms with Gasteiger partial charge in [0.25, 0.3) is 0 Å². The second-order valence-electron chi connectivity index (χ2n) is 3.78. The van der Waals surface area contributed by atoms with Crippen LogP contribution in [0, 0.1) is 6.92 Å². The summed E-state index contributed by atoms with van der Waals surface area (Å²) in [6.07, 6.45) is 0.983. The maximum atomic E-state index is 10.2. The number of aliphatic hydroxyl groups excluding tert-OH is 1. The zero-order valence-electron chi connectivity index (χ0n) is 9.09. The van der Waals surface area contributed by atoms with Gasteiger partial charge in [-0.15, -0.1) is 0 Å². The van der Waals surface area contributed by atoms with Crippen LogP contribution in [0.1, 0.15) is 22.8 Å². The highest BCUT2D eigenvalue weighted by atomic mass is 16.3. The van der Waals surface area contributed by atoms with Crippen molar-refractivity contribution in [3.05, 3.63) is 59.3 Å². The number of nitrogen functional groups attached to an aromatic ring is 1. The Morgan fingerprint density at radius 1 is 1.25 bits per heavy atom. The molecule has 0 radical (unpaired) electrons. The van der Waals surface area contributed by atoms with Gasteiger partial charge in [-0.05, 0) is 24.1 Å². The molecule has 1 heterocycles. The van der Waals surface area contributed by atoms with Gasteiger partial charge in [-0.25, -0.2) is 4.98 Å². The van der Waals surface area contributed by atoms with Crippen molar-refractivity contribution in [2.45, 2.75) is 13.0 Å². The Bertz CT molecular complexity index is 483. The minimum Gasteiger partial charge on any atom is -0.384 e. The van der Waals surface area contributed by atoms with Crippen molar-refractivity contribution in [2.75, 3.05) is 5.73 Å². The quantitative estimate of drug-likeness (QED) is 0.804. The maximum Gasteiger partial charge on any atom is 0.123 e. The second kappa shape index (κ2) is 4.33. The van der Waals surface area contributed by atoms with Gasteiger partial charge in [-0.2, -0.15) is 0 Å². The highest BCUT2D eigenvalue weighted by Gasteiger charge is 2.12. The van der Waals surface area contributed by atoms with E-state index in [0.717, 1.165) is 16.7 Å². The molecule has 2 aromatic rings. The fraction of sp³-hybridized carbons (Fsp3) is 0.154. The molecular formula is C13H14N2O. The van der Waals surface area contributed by atoms with Crippen molar-refractivity contribution in [2.24, 2.45) is 0 Å². The number of aryl methyl sites for hydroxylation is 1. The second-order valence-corrected chi connectivity index (χ2v) is 3.78. The van der Waals surface area contributed by atoms with Crippen LogP contribution in [-0.2, 0) is 0 Å². The first-order chi connectivity index (χ1) is 7.68. The summed E-state index contributed by atoms with van der Waals surface area (Å²) in [5.41, 5.74) is 8.17. The number of rotatable bonds is 2. The lowest BCUT2D eigenvalue weighted by Crippen LogP contribution is -2.03. The minimum absolute atomic E-state index is 0.474. The van der Waals surface area contributed by atoms with E-state index in [4.69, 9.17) is 5.73 Å². The van der Waals surface area contributed by atoms with Crippen molar-refractivity contribution >= 4 is 5.82 Å². The lowest BCUT2D eigenvalue weighted by atomic mass is 9.99. The SMILES string of the molecule is Cc1cc(N)ncc1[C@H](O)c1ccccc1. The van der Waals surface area contributed by atoms with Crippen LogP contribution in [0.4, 0.5) is 5.82 Å². The molecule has 82 valence electrons. The first-order valence-corrected chi connectivity index (χ1v) is 5.13. The molecule has 0 aliphatic carbocycles. The van der Waals surface area contributed by atoms with E-state index in [1.807, 2.05) is 37.3 Å². The molecule has 1 aromatic heterocycles. The molecule has 0 saturated heterocycles. The Morgan fingerprint density at radius 2 is 1.94 bits per heavy atom. The highest BCUT2D eigenvalue weighted by molar-refractivity contribution is 5.40. The van der Waals surface area contributed by atoms with E-state index < -0.39 is 6.10 Å². The molecule has 3 N–H and O–H groups in total. The number of nitrogens with zero attached hydrogens (tertiary/aromatic N) is 1. The summed E-state index contributed by atoms with van der Waals surface area (Å²) in [5, 5.41) is 10.2. The molecule has 2 rings (SSSR count). The van der Waals surface area contributed by atoms with E-state index >= 15 is 0 Å². The fourth-order valence-corrected chi connectivity index (χ4v) is 1.69. The van der Waals surface area contributed by atoms with Crippen LogP contribution < -0.4 is 5.73 Å². The zero-order valence-corrected chi connectivity index (χ0v) is 9.09. The van der Waals surface area contributed by atoms with Gasteiger partial charge in [-0.1, -0.05) is 30.3 Å². The predicted octanol–water partition coefficient (Wildman–Crippen LogP) is 2.05. The third-order valence-corrected chi connectivity index (χ3v) is 2.58. The smallest absolute Gasteiger partial charge is 0.123 e. The molecule has 0 aliphatic rings. The average Bonchev–Trinajstić information content (AvgIpc) is 2.29. The van der Waals surface area contributed by atoms with E-state index in [0.29, 0.717) is 5.82 Å². The molecule has 3 heteroatoms. The highest BCUT2D eigenvalue weighted by Crippen LogP contribution is 2.24. The molecule has 0 spiro atoms. The van der Waals surface area contributed by atoms with Gasteiger partial charge in [0, 0.05) is 11.8 Å². The topological polar surface area (TPSA) is 59.1 Å². The van der Waals surface area contributed by atoms with Crippen LogP contribution in [0.3, 0.4) is 0 Å². The van der Waals surface area contributed by atoms with Crippen LogP contribution >= 0.6 is 0 Å². The maximum absolute atomic E-state index is 10.2. The van der Waals surface area contributed by atoms with Gasteiger partial charge in [0.15, 0.2) is 0 Å². The number of nitrogens with two attached hydrogens (primary N) is 1. The summed E-state index contributed by atoms with van der Waals surface area (Å²) in [6.45, 7) is 1.92. The lowest BCUT2D eigenvalue weighted by molar-refractivity contribution is 0.219. The number of hydrogen-bond donors (Lipinski definition) is 2. The molecule has 0 unspecified atom stereocenters. The van der Waals surface area contributed by atoms with Gasteiger partial charge >= 0.3 is 0 Å². The first kappa shape index (κ1) is 10.6. The van der Waals surface area contributed by atoms with Crippen molar-refractivity contribution < 1.29 is 5.11 Å². The molecular weight excluding hydrogens is 200 g/mol. The van der Waals surface area contributed by atoms with E-state index in [2.05, 4.69) is 4.98 Å². The van der Waals surface area contributed by atoms with Crippen LogP contribution in [0.25, 0.3) is 0 Å². The molecule has 0 bridgehead atoms. The molecule has 3 nitrogen and oxygen atoms in total. The van der Waals surface area contributed by atoms with Crippen molar-refractivity contribution in [3.63, 3.8) is 0 Å². The van der Waals surface area contributed by atoms with Gasteiger partial charge in [0.2, 0.25) is 0 Å². The van der Waals surface area contributed by atoms with E-state index in [9.17, 15) is 5.11 Å². The Morgan fingerprint density at radius 3 is 2.56 bits per heavy atom. The van der Waals surface area contributed by atoms with Crippen molar-refractivity contribution in [3.8, 4) is 0 Å². The van der Waals surface area contributed by atoms with Crippen LogP contribution in [0.15, 0.2) is 42.6 Å². The van der Waals surface area contributed by atoms with Gasteiger partial charge in [0.1, 0.15) is 11.9 Å². The molecule has 0 fully saturated rings. The molecule has 1 atom stereocenters. The summed E-state index contributed by atoms with van der Waals surface area (Å²) >= 11 is 0. The molecule has 16 heavy (non-hydrogen) atoms. The standard InChI is InChI=1S/C13H14N2O/c1-9-7-12(14)15-8-11(9)13(16)10-5-3-2-4-6-10/h2-8,13,16H,1H3,(H2,14,15)/t13-/m1/s1. The Balaban J connectivity index is 2.38. The number of aliphatic hydroxyl groups is 1. The number of benzene rings is 1. The Kier molecular flexibility index (Phi) is 2.88. The fourth-order valence-electron chi connectivity index (χ4n) is 1.69. The van der Waals surface area contributed by atoms with E-state index in [1.165, 1.54) is 0 Å². The summed E-state index contributed by atoms with van der Waals surface area (Å²) < 4.78 is 0. The average molecular weight is 214 g/mol. The molecule has 0 amide bonds. The Hall–Kier alpha value is -1.87. The monoisotopic (exact) mass is 214 g/mol. The third kappa shape index (κ3) is 2.04. The van der Waals surface area contributed by atoms with Crippen LogP contribution in [0.5, 0.6) is 0 Å². The number of hydrogen-bond acceptors (Lipinski definition) is 3. The predicted molar refractivity (Wildman–Crippen MR) is 63.9 cm³/mol. The van der Waals surface area contributed by atoms with Gasteiger partial charge < -0.3 is 10.8 Å². The van der Waals surface area contributed by atoms with Crippen molar-refractivity contribution in [1.29, 1.82) is 0 Å². The zero-order chi connectivity index (χ0) is 11.5. The first-order valence-electron chi connectivity index (χ1n) is 5.13. The summed E-state index contributed by atoms with van der Waals surface area (Å²) in [7, 11) is 0. The molecule has 0 aliphatic heterocycles. The summed E-state index contributed by atoms with van der Waals surface area (Å²) in [6, 6.07) is 11.3. The number of aromatic nitrogens is 1. The van der Waals surface area contributed by atoms with Crippen LogP contribution in [0.2, 0.25) is 0 Å². The lowest BCUT2D eigenvalue weighted by Gasteiger charge is -2.13. The molecule has 1 aromatic carbocycles. The molecule has 0 saturated carbocycles. The van der Waals surface area contributed by atoms with E-state index in [-0.39, 0.29) is 0 Å². The summed E-state index contributed by atoms with van der Waals surface area (Å²) in [4.78, 5) is 4.00. The Labute approximate surface area is 94.6 Å². The van der Waals surface area contributed by atoms with Gasteiger partial charge in [0.05, 0.1) is 0 Å². The van der Waals surface area contributed by atoms with Gasteiger partial charge in [-0.3, -0.25) is 0 Å².